The highest BCUT2D eigenvalue weighted by atomic mass is 16.1. The minimum Gasteiger partial charge on any atom is -0.382 e. The third-order valence-corrected chi connectivity index (χ3v) is 5.30. The Kier molecular flexibility index (Phi) is 5.39. The Morgan fingerprint density at radius 1 is 1.29 bits per heavy atom. The van der Waals surface area contributed by atoms with Crippen molar-refractivity contribution in [2.75, 3.05) is 5.32 Å². The van der Waals surface area contributed by atoms with E-state index in [2.05, 4.69) is 41.6 Å². The Morgan fingerprint density at radius 2 is 2.08 bits per heavy atom. The molecule has 1 heterocycles. The average Bonchev–Trinajstić information content (AvgIpc) is 2.93. The second-order valence-electron chi connectivity index (χ2n) is 7.00. The maximum Gasteiger partial charge on any atom is 0.142 e. The lowest BCUT2D eigenvalue weighted by atomic mass is 9.95. The smallest absolute Gasteiger partial charge is 0.142 e. The molecule has 1 aliphatic heterocycles. The first kappa shape index (κ1) is 16.8. The number of aldehydes is 1. The zero-order valence-electron chi connectivity index (χ0n) is 14.5. The lowest BCUT2D eigenvalue weighted by Crippen LogP contribution is -2.30. The third kappa shape index (κ3) is 3.55. The molecule has 128 valence electrons. The van der Waals surface area contributed by atoms with Crippen LogP contribution in [0.4, 0.5) is 5.69 Å². The lowest BCUT2D eigenvalue weighted by molar-refractivity contribution is -0.111. The van der Waals surface area contributed by atoms with Crippen LogP contribution < -0.4 is 5.32 Å². The van der Waals surface area contributed by atoms with Crippen molar-refractivity contribution in [1.29, 1.82) is 0 Å². The summed E-state index contributed by atoms with van der Waals surface area (Å²) in [4.78, 5) is 13.6. The molecule has 1 unspecified atom stereocenters. The van der Waals surface area contributed by atoms with Crippen molar-refractivity contribution in [2.45, 2.75) is 63.6 Å². The van der Waals surface area contributed by atoms with Crippen molar-refractivity contribution in [2.24, 2.45) is 0 Å². The van der Waals surface area contributed by atoms with Crippen molar-refractivity contribution in [3.8, 4) is 0 Å². The molecule has 24 heavy (non-hydrogen) atoms. The number of nitrogens with zero attached hydrogens (tertiary/aromatic N) is 1. The van der Waals surface area contributed by atoms with Gasteiger partial charge in [-0.05, 0) is 43.4 Å². The van der Waals surface area contributed by atoms with Crippen LogP contribution in [0.15, 0.2) is 37.4 Å². The number of hydrogen-bond donors (Lipinski definition) is 1. The summed E-state index contributed by atoms with van der Waals surface area (Å²) in [5, 5.41) is 3.69. The van der Waals surface area contributed by atoms with Crippen molar-refractivity contribution in [3.05, 3.63) is 48.6 Å². The summed E-state index contributed by atoms with van der Waals surface area (Å²) < 4.78 is 0. The number of benzene rings is 1. The summed E-state index contributed by atoms with van der Waals surface area (Å²) in [6.07, 6.45) is 11.1. The molecular weight excluding hydrogens is 296 g/mol. The zero-order chi connectivity index (χ0) is 16.9. The van der Waals surface area contributed by atoms with Gasteiger partial charge in [-0.25, -0.2) is 0 Å². The van der Waals surface area contributed by atoms with Gasteiger partial charge < -0.3 is 15.0 Å². The Balaban J connectivity index is 1.71. The normalized spacial score (nSPS) is 19.0. The Hall–Kier alpha value is -2.03. The molecule has 0 aromatic heterocycles. The van der Waals surface area contributed by atoms with E-state index in [9.17, 15) is 4.79 Å². The number of allylic oxidation sites excluding steroid dienone is 1. The minimum atomic E-state index is -0.113. The molecule has 1 fully saturated rings. The molecule has 0 radical (unpaired) electrons. The molecule has 3 heteroatoms. The van der Waals surface area contributed by atoms with E-state index in [-0.39, 0.29) is 6.04 Å². The zero-order valence-corrected chi connectivity index (χ0v) is 14.5. The van der Waals surface area contributed by atoms with Gasteiger partial charge in [0.05, 0.1) is 6.04 Å². The monoisotopic (exact) mass is 324 g/mol. The van der Waals surface area contributed by atoms with Gasteiger partial charge in [-0.2, -0.15) is 0 Å². The van der Waals surface area contributed by atoms with Gasteiger partial charge in [0.2, 0.25) is 0 Å². The number of carbonyl (C=O) groups is 1. The fraction of sp³-hybridized carbons (Fsp3) is 0.476. The number of anilines is 1. The van der Waals surface area contributed by atoms with Crippen molar-refractivity contribution < 1.29 is 4.79 Å². The average molecular weight is 324 g/mol. The van der Waals surface area contributed by atoms with Gasteiger partial charge in [-0.15, -0.1) is 6.58 Å². The molecule has 1 atom stereocenters. The van der Waals surface area contributed by atoms with Gasteiger partial charge >= 0.3 is 0 Å². The second kappa shape index (κ2) is 7.69. The van der Waals surface area contributed by atoms with Crippen LogP contribution in [-0.2, 0) is 11.3 Å². The van der Waals surface area contributed by atoms with E-state index in [1.807, 2.05) is 6.08 Å². The van der Waals surface area contributed by atoms with Crippen LogP contribution >= 0.6 is 0 Å². The van der Waals surface area contributed by atoms with Crippen LogP contribution in [0.1, 0.15) is 56.1 Å². The number of carbonyl (C=O) groups excluding carboxylic acids is 1. The molecule has 1 saturated carbocycles. The molecule has 1 aromatic carbocycles. The fourth-order valence-corrected chi connectivity index (χ4v) is 3.92. The molecule has 3 nitrogen and oxygen atoms in total. The molecule has 1 N–H and O–H groups in total. The van der Waals surface area contributed by atoms with Gasteiger partial charge in [0.1, 0.15) is 6.29 Å². The summed E-state index contributed by atoms with van der Waals surface area (Å²) in [5.41, 5.74) is 4.61. The SMILES string of the molecule is C=CCCC(C=O)N1Cc2cc(NC3CCCCC3)ccc2C1=C. The van der Waals surface area contributed by atoms with Crippen molar-refractivity contribution in [1.82, 2.24) is 4.90 Å². The van der Waals surface area contributed by atoms with Crippen LogP contribution in [0, 0.1) is 0 Å². The van der Waals surface area contributed by atoms with E-state index in [0.717, 1.165) is 31.4 Å². The highest BCUT2D eigenvalue weighted by Gasteiger charge is 2.28. The molecule has 0 amide bonds. The van der Waals surface area contributed by atoms with Crippen molar-refractivity contribution in [3.63, 3.8) is 0 Å². The summed E-state index contributed by atoms with van der Waals surface area (Å²) in [7, 11) is 0. The van der Waals surface area contributed by atoms with Gasteiger partial charge in [-0.1, -0.05) is 38.0 Å². The topological polar surface area (TPSA) is 32.3 Å². The van der Waals surface area contributed by atoms with Gasteiger partial charge in [-0.3, -0.25) is 0 Å². The highest BCUT2D eigenvalue weighted by molar-refractivity contribution is 5.74. The number of nitrogens with one attached hydrogen (secondary N) is 1. The standard InChI is InChI=1S/C21H28N2O/c1-3-4-10-20(15-24)23-14-17-13-19(11-12-21(17)16(23)2)22-18-8-6-5-7-9-18/h3,11-13,15,18,20,22H,1-2,4-10,14H2. The fourth-order valence-electron chi connectivity index (χ4n) is 3.92. The van der Waals surface area contributed by atoms with Crippen LogP contribution in [0.2, 0.25) is 0 Å². The largest absolute Gasteiger partial charge is 0.382 e. The minimum absolute atomic E-state index is 0.113. The maximum absolute atomic E-state index is 11.5. The predicted molar refractivity (Wildman–Crippen MR) is 101 cm³/mol. The molecule has 3 rings (SSSR count). The molecule has 1 aromatic rings. The van der Waals surface area contributed by atoms with E-state index < -0.39 is 0 Å². The Morgan fingerprint density at radius 3 is 2.79 bits per heavy atom. The molecule has 0 saturated heterocycles. The summed E-state index contributed by atoms with van der Waals surface area (Å²) in [6, 6.07) is 7.04. The highest BCUT2D eigenvalue weighted by Crippen LogP contribution is 2.35. The molecule has 1 aliphatic carbocycles. The van der Waals surface area contributed by atoms with Gasteiger partial charge in [0, 0.05) is 29.5 Å². The van der Waals surface area contributed by atoms with Gasteiger partial charge in [0.25, 0.3) is 0 Å². The molecule has 0 bridgehead atoms. The maximum atomic E-state index is 11.5. The van der Waals surface area contributed by atoms with E-state index >= 15 is 0 Å². The third-order valence-electron chi connectivity index (χ3n) is 5.30. The quantitative estimate of drug-likeness (QED) is 0.580. The predicted octanol–water partition coefficient (Wildman–Crippen LogP) is 4.75. The first-order valence-electron chi connectivity index (χ1n) is 9.14. The second-order valence-corrected chi connectivity index (χ2v) is 7.00. The Labute approximate surface area is 145 Å². The van der Waals surface area contributed by atoms with E-state index in [1.165, 1.54) is 48.9 Å². The Bertz CT molecular complexity index is 616. The number of hydrogen-bond acceptors (Lipinski definition) is 3. The van der Waals surface area contributed by atoms with Crippen LogP contribution in [0.5, 0.6) is 0 Å². The van der Waals surface area contributed by atoms with E-state index in [1.54, 1.807) is 0 Å². The number of rotatable bonds is 7. The van der Waals surface area contributed by atoms with E-state index in [4.69, 9.17) is 0 Å². The summed E-state index contributed by atoms with van der Waals surface area (Å²) in [5.74, 6) is 0. The molecular formula is C21H28N2O. The molecule has 0 spiro atoms. The lowest BCUT2D eigenvalue weighted by Gasteiger charge is -2.25. The van der Waals surface area contributed by atoms with Crippen LogP contribution in [0.25, 0.3) is 5.70 Å². The van der Waals surface area contributed by atoms with Crippen LogP contribution in [-0.4, -0.2) is 23.3 Å². The molecule has 2 aliphatic rings. The first-order chi connectivity index (χ1) is 11.7. The van der Waals surface area contributed by atoms with E-state index in [0.29, 0.717) is 6.04 Å². The van der Waals surface area contributed by atoms with Gasteiger partial charge in [0.15, 0.2) is 0 Å². The summed E-state index contributed by atoms with van der Waals surface area (Å²) >= 11 is 0. The first-order valence-corrected chi connectivity index (χ1v) is 9.14. The summed E-state index contributed by atoms with van der Waals surface area (Å²) in [6.45, 7) is 8.75. The van der Waals surface area contributed by atoms with Crippen LogP contribution in [0.3, 0.4) is 0 Å². The number of fused-ring (bicyclic) bond motifs is 1. The van der Waals surface area contributed by atoms with Crippen molar-refractivity contribution >= 4 is 17.7 Å².